The molecule has 0 unspecified atom stereocenters. The van der Waals surface area contributed by atoms with Gasteiger partial charge in [0.1, 0.15) is 11.2 Å². The standard InChI is InChI=1S/C64H41NOS/c1-2-14-46(15-3-1)53-39-40-58(63-56-19-8-10-22-59(56)66-64(53)63)65(50-35-31-44(32-36-50)43-25-27-45(28-26-43)49-30-29-42-13-4-5-16-48(42)41-49)51-37-33-47(34-38-51)52-17-6-7-18-54(52)55-21-12-24-61-62(55)57-20-9-11-23-60(57)67-61/h1-41H. The second-order valence-electron chi connectivity index (χ2n) is 17.2. The number of hydrogen-bond acceptors (Lipinski definition) is 3. The summed E-state index contributed by atoms with van der Waals surface area (Å²) in [5.74, 6) is 0. The third-order valence-electron chi connectivity index (χ3n) is 13.3. The molecule has 2 heterocycles. The maximum atomic E-state index is 6.80. The first-order chi connectivity index (χ1) is 33.2. The van der Waals surface area contributed by atoms with Crippen molar-refractivity contribution in [3.8, 4) is 55.6 Å². The maximum absolute atomic E-state index is 6.80. The van der Waals surface area contributed by atoms with E-state index in [2.05, 4.69) is 254 Å². The van der Waals surface area contributed by atoms with Crippen molar-refractivity contribution >= 4 is 81.3 Å². The summed E-state index contributed by atoms with van der Waals surface area (Å²) < 4.78 is 9.41. The zero-order chi connectivity index (χ0) is 44.3. The van der Waals surface area contributed by atoms with Crippen LogP contribution in [0.3, 0.4) is 0 Å². The van der Waals surface area contributed by atoms with E-state index in [0.29, 0.717) is 0 Å². The topological polar surface area (TPSA) is 16.4 Å². The van der Waals surface area contributed by atoms with E-state index in [1.54, 1.807) is 0 Å². The molecule has 3 heteroatoms. The van der Waals surface area contributed by atoms with Crippen LogP contribution in [0.1, 0.15) is 0 Å². The molecule has 13 rings (SSSR count). The first-order valence-corrected chi connectivity index (χ1v) is 23.6. The summed E-state index contributed by atoms with van der Waals surface area (Å²) in [6.07, 6.45) is 0. The Morgan fingerprint density at radius 3 is 1.64 bits per heavy atom. The summed E-state index contributed by atoms with van der Waals surface area (Å²) in [5, 5.41) is 7.29. The van der Waals surface area contributed by atoms with Gasteiger partial charge in [0.2, 0.25) is 0 Å². The zero-order valence-corrected chi connectivity index (χ0v) is 37.3. The lowest BCUT2D eigenvalue weighted by Crippen LogP contribution is -2.10. The van der Waals surface area contributed by atoms with Crippen molar-refractivity contribution in [3.05, 3.63) is 249 Å². The highest BCUT2D eigenvalue weighted by Gasteiger charge is 2.23. The molecule has 0 amide bonds. The van der Waals surface area contributed by atoms with Gasteiger partial charge < -0.3 is 9.32 Å². The Kier molecular flexibility index (Phi) is 9.40. The molecule has 0 bridgehead atoms. The lowest BCUT2D eigenvalue weighted by molar-refractivity contribution is 0.670. The second-order valence-corrected chi connectivity index (χ2v) is 18.3. The van der Waals surface area contributed by atoms with Crippen LogP contribution in [0.2, 0.25) is 0 Å². The summed E-state index contributed by atoms with van der Waals surface area (Å²) in [6, 6.07) is 90.0. The van der Waals surface area contributed by atoms with Crippen LogP contribution in [-0.2, 0) is 0 Å². The molecule has 11 aromatic carbocycles. The monoisotopic (exact) mass is 871 g/mol. The Labute approximate surface area is 392 Å². The van der Waals surface area contributed by atoms with Crippen LogP contribution in [0.25, 0.3) is 109 Å². The number of nitrogens with zero attached hydrogens (tertiary/aromatic N) is 1. The number of anilines is 3. The average Bonchev–Trinajstić information content (AvgIpc) is 3.99. The Morgan fingerprint density at radius 2 is 0.866 bits per heavy atom. The normalized spacial score (nSPS) is 11.6. The highest BCUT2D eigenvalue weighted by molar-refractivity contribution is 7.25. The Morgan fingerprint density at radius 1 is 0.313 bits per heavy atom. The molecule has 0 aliphatic carbocycles. The molecule has 0 fully saturated rings. The lowest BCUT2D eigenvalue weighted by atomic mass is 9.92. The lowest BCUT2D eigenvalue weighted by Gasteiger charge is -2.27. The summed E-state index contributed by atoms with van der Waals surface area (Å²) in [6.45, 7) is 0. The second kappa shape index (κ2) is 16.2. The van der Waals surface area contributed by atoms with Crippen LogP contribution in [0.5, 0.6) is 0 Å². The molecule has 0 aliphatic rings. The van der Waals surface area contributed by atoms with E-state index in [1.807, 2.05) is 11.3 Å². The molecule has 0 saturated heterocycles. The van der Waals surface area contributed by atoms with Crippen LogP contribution in [-0.4, -0.2) is 0 Å². The predicted molar refractivity (Wildman–Crippen MR) is 286 cm³/mol. The first-order valence-electron chi connectivity index (χ1n) is 22.8. The molecule has 0 atom stereocenters. The molecule has 0 radical (unpaired) electrons. The minimum absolute atomic E-state index is 0.866. The van der Waals surface area contributed by atoms with Crippen LogP contribution in [0.15, 0.2) is 253 Å². The Hall–Kier alpha value is -8.50. The van der Waals surface area contributed by atoms with Gasteiger partial charge in [-0.3, -0.25) is 0 Å². The summed E-state index contributed by atoms with van der Waals surface area (Å²) in [5.41, 5.74) is 16.7. The number of para-hydroxylation sites is 1. The third kappa shape index (κ3) is 6.79. The number of furan rings is 1. The fraction of sp³-hybridized carbons (Fsp3) is 0. The summed E-state index contributed by atoms with van der Waals surface area (Å²) in [4.78, 5) is 2.39. The van der Waals surface area contributed by atoms with E-state index >= 15 is 0 Å². The van der Waals surface area contributed by atoms with E-state index in [4.69, 9.17) is 4.42 Å². The smallest absolute Gasteiger partial charge is 0.145 e. The minimum Gasteiger partial charge on any atom is -0.455 e. The van der Waals surface area contributed by atoms with Crippen molar-refractivity contribution in [2.45, 2.75) is 0 Å². The number of benzene rings is 11. The Bertz CT molecular complexity index is 3960. The van der Waals surface area contributed by atoms with Crippen molar-refractivity contribution < 1.29 is 4.42 Å². The number of hydrogen-bond donors (Lipinski definition) is 0. The molecule has 0 saturated carbocycles. The number of rotatable bonds is 8. The molecule has 0 aliphatic heterocycles. The molecule has 13 aromatic rings. The van der Waals surface area contributed by atoms with Gasteiger partial charge in [-0.25, -0.2) is 0 Å². The molecule has 67 heavy (non-hydrogen) atoms. The van der Waals surface area contributed by atoms with E-state index in [0.717, 1.165) is 61.3 Å². The van der Waals surface area contributed by atoms with Gasteiger partial charge in [-0.1, -0.05) is 188 Å². The van der Waals surface area contributed by atoms with Gasteiger partial charge in [0, 0.05) is 42.5 Å². The van der Waals surface area contributed by atoms with E-state index in [1.165, 1.54) is 64.3 Å². The maximum Gasteiger partial charge on any atom is 0.145 e. The van der Waals surface area contributed by atoms with Gasteiger partial charge in [-0.15, -0.1) is 11.3 Å². The van der Waals surface area contributed by atoms with Crippen LogP contribution >= 0.6 is 11.3 Å². The van der Waals surface area contributed by atoms with Crippen molar-refractivity contribution in [2.24, 2.45) is 0 Å². The predicted octanol–water partition coefficient (Wildman–Crippen LogP) is 18.9. The van der Waals surface area contributed by atoms with Crippen molar-refractivity contribution in [1.29, 1.82) is 0 Å². The summed E-state index contributed by atoms with van der Waals surface area (Å²) in [7, 11) is 0. The van der Waals surface area contributed by atoms with Crippen molar-refractivity contribution in [3.63, 3.8) is 0 Å². The quantitative estimate of drug-likeness (QED) is 0.151. The molecular formula is C64H41NOS. The van der Waals surface area contributed by atoms with E-state index in [-0.39, 0.29) is 0 Å². The minimum atomic E-state index is 0.866. The van der Waals surface area contributed by atoms with Crippen LogP contribution in [0.4, 0.5) is 17.1 Å². The fourth-order valence-electron chi connectivity index (χ4n) is 10.1. The van der Waals surface area contributed by atoms with Gasteiger partial charge in [-0.2, -0.15) is 0 Å². The Balaban J connectivity index is 0.929. The van der Waals surface area contributed by atoms with Crippen LogP contribution in [0, 0.1) is 0 Å². The average molecular weight is 872 g/mol. The summed E-state index contributed by atoms with van der Waals surface area (Å²) >= 11 is 1.86. The highest BCUT2D eigenvalue weighted by Crippen LogP contribution is 2.48. The largest absolute Gasteiger partial charge is 0.455 e. The van der Waals surface area contributed by atoms with Gasteiger partial charge >= 0.3 is 0 Å². The number of thiophene rings is 1. The van der Waals surface area contributed by atoms with Crippen molar-refractivity contribution in [2.75, 3.05) is 4.90 Å². The van der Waals surface area contributed by atoms with Gasteiger partial charge in [0.15, 0.2) is 0 Å². The van der Waals surface area contributed by atoms with Crippen molar-refractivity contribution in [1.82, 2.24) is 0 Å². The molecule has 314 valence electrons. The molecule has 0 N–H and O–H groups in total. The zero-order valence-electron chi connectivity index (χ0n) is 36.4. The van der Waals surface area contributed by atoms with Crippen LogP contribution < -0.4 is 4.90 Å². The highest BCUT2D eigenvalue weighted by atomic mass is 32.1. The number of fused-ring (bicyclic) bond motifs is 7. The molecule has 2 nitrogen and oxygen atoms in total. The molecule has 0 spiro atoms. The molecule has 2 aromatic heterocycles. The first kappa shape index (κ1) is 38.9. The van der Waals surface area contributed by atoms with Gasteiger partial charge in [0.25, 0.3) is 0 Å². The van der Waals surface area contributed by atoms with E-state index < -0.39 is 0 Å². The fourth-order valence-corrected chi connectivity index (χ4v) is 11.2. The molecular weight excluding hydrogens is 831 g/mol. The van der Waals surface area contributed by atoms with Gasteiger partial charge in [0.05, 0.1) is 11.1 Å². The van der Waals surface area contributed by atoms with E-state index in [9.17, 15) is 0 Å². The van der Waals surface area contributed by atoms with Gasteiger partial charge in [-0.05, 0) is 122 Å². The third-order valence-corrected chi connectivity index (χ3v) is 14.4. The SMILES string of the molecule is c1ccc(-c2ccc(N(c3ccc(-c4ccc(-c5ccc6ccccc6c5)cc4)cc3)c3ccc(-c4ccccc4-c4cccc5sc6ccccc6c45)cc3)c3c2oc2ccccc23)cc1.